The molecule has 0 saturated heterocycles. The van der Waals surface area contributed by atoms with E-state index in [9.17, 15) is 0 Å². The molecule has 0 nitrogen and oxygen atoms in total. The fourth-order valence-corrected chi connectivity index (χ4v) is 2.45. The summed E-state index contributed by atoms with van der Waals surface area (Å²) in [7, 11) is 0. The molecular weight excluding hydrogens is 284 g/mol. The summed E-state index contributed by atoms with van der Waals surface area (Å²) >= 11 is 9.72. The van der Waals surface area contributed by atoms with Crippen LogP contribution in [0, 0.1) is 0 Å². The van der Waals surface area contributed by atoms with Crippen LogP contribution in [0.3, 0.4) is 0 Å². The SMILES string of the molecule is Clc1cc(CCBr)ccc1-c1ccccc1. The summed E-state index contributed by atoms with van der Waals surface area (Å²) in [5.41, 5.74) is 3.53. The van der Waals surface area contributed by atoms with Crippen molar-refractivity contribution < 1.29 is 0 Å². The molecule has 0 radical (unpaired) electrons. The second-order valence-electron chi connectivity index (χ2n) is 3.62. The van der Waals surface area contributed by atoms with Crippen molar-refractivity contribution in [3.8, 4) is 11.1 Å². The van der Waals surface area contributed by atoms with E-state index in [1.807, 2.05) is 24.3 Å². The maximum Gasteiger partial charge on any atom is 0.0487 e. The van der Waals surface area contributed by atoms with Gasteiger partial charge in [0.1, 0.15) is 0 Å². The summed E-state index contributed by atoms with van der Waals surface area (Å²) in [4.78, 5) is 0. The number of hydrogen-bond acceptors (Lipinski definition) is 0. The first-order chi connectivity index (χ1) is 7.81. The molecule has 2 aromatic rings. The first-order valence-corrected chi connectivity index (χ1v) is 6.71. The van der Waals surface area contributed by atoms with Gasteiger partial charge < -0.3 is 0 Å². The largest absolute Gasteiger partial charge is 0.0924 e. The number of halogens is 2. The number of aryl methyl sites for hydroxylation is 1. The van der Waals surface area contributed by atoms with E-state index in [0.29, 0.717) is 0 Å². The van der Waals surface area contributed by atoms with Crippen molar-refractivity contribution in [2.45, 2.75) is 6.42 Å². The van der Waals surface area contributed by atoms with E-state index in [-0.39, 0.29) is 0 Å². The fraction of sp³-hybridized carbons (Fsp3) is 0.143. The van der Waals surface area contributed by atoms with Gasteiger partial charge in [0, 0.05) is 15.9 Å². The average molecular weight is 296 g/mol. The van der Waals surface area contributed by atoms with Gasteiger partial charge in [0.05, 0.1) is 0 Å². The normalized spacial score (nSPS) is 10.4. The first kappa shape index (κ1) is 11.7. The van der Waals surface area contributed by atoms with E-state index < -0.39 is 0 Å². The van der Waals surface area contributed by atoms with Gasteiger partial charge >= 0.3 is 0 Å². The lowest BCUT2D eigenvalue weighted by molar-refractivity contribution is 1.17. The van der Waals surface area contributed by atoms with Crippen molar-refractivity contribution in [1.29, 1.82) is 0 Å². The van der Waals surface area contributed by atoms with E-state index in [2.05, 4.69) is 40.2 Å². The van der Waals surface area contributed by atoms with Crippen LogP contribution in [0.1, 0.15) is 5.56 Å². The van der Waals surface area contributed by atoms with E-state index in [4.69, 9.17) is 11.6 Å². The molecule has 0 bridgehead atoms. The van der Waals surface area contributed by atoms with E-state index in [1.54, 1.807) is 0 Å². The van der Waals surface area contributed by atoms with Crippen LogP contribution >= 0.6 is 27.5 Å². The minimum atomic E-state index is 0.824. The van der Waals surface area contributed by atoms with Gasteiger partial charge in [0.15, 0.2) is 0 Å². The highest BCUT2D eigenvalue weighted by molar-refractivity contribution is 9.09. The third-order valence-corrected chi connectivity index (χ3v) is 3.21. The Bertz CT molecular complexity index is 465. The van der Waals surface area contributed by atoms with Gasteiger partial charge in [-0.2, -0.15) is 0 Å². The van der Waals surface area contributed by atoms with Crippen LogP contribution in [0.4, 0.5) is 0 Å². The van der Waals surface area contributed by atoms with Gasteiger partial charge in [0.25, 0.3) is 0 Å². The summed E-state index contributed by atoms with van der Waals surface area (Å²) < 4.78 is 0. The fourth-order valence-electron chi connectivity index (χ4n) is 1.68. The highest BCUT2D eigenvalue weighted by Crippen LogP contribution is 2.28. The topological polar surface area (TPSA) is 0 Å². The smallest absolute Gasteiger partial charge is 0.0487 e. The van der Waals surface area contributed by atoms with Gasteiger partial charge in [-0.15, -0.1) is 0 Å². The minimum absolute atomic E-state index is 0.824. The lowest BCUT2D eigenvalue weighted by Crippen LogP contribution is -1.87. The summed E-state index contributed by atoms with van der Waals surface area (Å²) in [6.07, 6.45) is 1.01. The Balaban J connectivity index is 2.37. The molecule has 0 fully saturated rings. The summed E-state index contributed by atoms with van der Waals surface area (Å²) in [5, 5.41) is 1.79. The van der Waals surface area contributed by atoms with Crippen molar-refractivity contribution in [3.63, 3.8) is 0 Å². The van der Waals surface area contributed by atoms with Gasteiger partial charge in [-0.1, -0.05) is 70.0 Å². The maximum atomic E-state index is 6.28. The van der Waals surface area contributed by atoms with Crippen LogP contribution in [-0.4, -0.2) is 5.33 Å². The molecular formula is C14H12BrCl. The van der Waals surface area contributed by atoms with Crippen molar-refractivity contribution in [2.24, 2.45) is 0 Å². The van der Waals surface area contributed by atoms with Gasteiger partial charge in [-0.05, 0) is 23.6 Å². The molecule has 0 amide bonds. The van der Waals surface area contributed by atoms with Crippen molar-refractivity contribution in [1.82, 2.24) is 0 Å². The predicted molar refractivity (Wildman–Crippen MR) is 74.4 cm³/mol. The van der Waals surface area contributed by atoms with Gasteiger partial charge in [-0.3, -0.25) is 0 Å². The predicted octanol–water partition coefficient (Wildman–Crippen LogP) is 4.94. The Kier molecular flexibility index (Phi) is 4.03. The maximum absolute atomic E-state index is 6.28. The van der Waals surface area contributed by atoms with E-state index in [0.717, 1.165) is 27.9 Å². The molecule has 0 atom stereocenters. The molecule has 2 rings (SSSR count). The zero-order valence-corrected chi connectivity index (χ0v) is 11.1. The minimum Gasteiger partial charge on any atom is -0.0924 e. The summed E-state index contributed by atoms with van der Waals surface area (Å²) in [6.45, 7) is 0. The Morgan fingerprint density at radius 1 is 1.00 bits per heavy atom. The van der Waals surface area contributed by atoms with Crippen molar-refractivity contribution in [2.75, 3.05) is 5.33 Å². The molecule has 0 aliphatic rings. The lowest BCUT2D eigenvalue weighted by atomic mass is 10.0. The van der Waals surface area contributed by atoms with E-state index in [1.165, 1.54) is 5.56 Å². The molecule has 82 valence electrons. The van der Waals surface area contributed by atoms with Gasteiger partial charge in [-0.25, -0.2) is 0 Å². The molecule has 2 aromatic carbocycles. The van der Waals surface area contributed by atoms with Gasteiger partial charge in [0.2, 0.25) is 0 Å². The molecule has 0 saturated carbocycles. The molecule has 16 heavy (non-hydrogen) atoms. The highest BCUT2D eigenvalue weighted by atomic mass is 79.9. The standard InChI is InChI=1S/C14H12BrCl/c15-9-8-11-6-7-13(14(16)10-11)12-4-2-1-3-5-12/h1-7,10H,8-9H2. The number of alkyl halides is 1. The molecule has 0 heterocycles. The van der Waals surface area contributed by atoms with Crippen LogP contribution in [0.25, 0.3) is 11.1 Å². The summed E-state index contributed by atoms with van der Waals surface area (Å²) in [6, 6.07) is 16.5. The van der Waals surface area contributed by atoms with Crippen LogP contribution in [-0.2, 0) is 6.42 Å². The Morgan fingerprint density at radius 2 is 1.75 bits per heavy atom. The zero-order chi connectivity index (χ0) is 11.4. The highest BCUT2D eigenvalue weighted by Gasteiger charge is 2.03. The first-order valence-electron chi connectivity index (χ1n) is 5.21. The molecule has 0 aliphatic carbocycles. The molecule has 0 N–H and O–H groups in total. The summed E-state index contributed by atoms with van der Waals surface area (Å²) in [5.74, 6) is 0. The second kappa shape index (κ2) is 5.51. The molecule has 0 aliphatic heterocycles. The van der Waals surface area contributed by atoms with Crippen molar-refractivity contribution >= 4 is 27.5 Å². The average Bonchev–Trinajstić information content (AvgIpc) is 2.31. The van der Waals surface area contributed by atoms with Crippen LogP contribution in [0.5, 0.6) is 0 Å². The second-order valence-corrected chi connectivity index (χ2v) is 4.82. The Morgan fingerprint density at radius 3 is 2.38 bits per heavy atom. The number of hydrogen-bond donors (Lipinski definition) is 0. The zero-order valence-electron chi connectivity index (χ0n) is 8.79. The van der Waals surface area contributed by atoms with Crippen LogP contribution in [0.15, 0.2) is 48.5 Å². The van der Waals surface area contributed by atoms with E-state index >= 15 is 0 Å². The monoisotopic (exact) mass is 294 g/mol. The third kappa shape index (κ3) is 2.66. The Hall–Kier alpha value is -0.790. The van der Waals surface area contributed by atoms with Crippen molar-refractivity contribution in [3.05, 3.63) is 59.1 Å². The molecule has 2 heteroatoms. The quantitative estimate of drug-likeness (QED) is 0.703. The third-order valence-electron chi connectivity index (χ3n) is 2.50. The number of rotatable bonds is 3. The Labute approximate surface area is 109 Å². The molecule has 0 spiro atoms. The number of benzene rings is 2. The van der Waals surface area contributed by atoms with Crippen LogP contribution in [0.2, 0.25) is 5.02 Å². The molecule has 0 unspecified atom stereocenters. The molecule has 0 aromatic heterocycles. The van der Waals surface area contributed by atoms with Crippen LogP contribution < -0.4 is 0 Å². The lowest BCUT2D eigenvalue weighted by Gasteiger charge is -2.06.